The van der Waals surface area contributed by atoms with Gasteiger partial charge >= 0.3 is 5.97 Å². The number of rotatable bonds is 4. The van der Waals surface area contributed by atoms with Crippen molar-refractivity contribution in [2.75, 3.05) is 27.3 Å². The Labute approximate surface area is 106 Å². The molecule has 0 saturated carbocycles. The van der Waals surface area contributed by atoms with Gasteiger partial charge < -0.3 is 19.5 Å². The molecular formula is C13H17NO4. The first kappa shape index (κ1) is 12.7. The molecule has 1 N–H and O–H groups in total. The molecule has 1 atom stereocenters. The van der Waals surface area contributed by atoms with Crippen LogP contribution in [0.5, 0.6) is 11.5 Å². The second-order valence-corrected chi connectivity index (χ2v) is 4.09. The van der Waals surface area contributed by atoms with E-state index >= 15 is 0 Å². The van der Waals surface area contributed by atoms with Crippen LogP contribution in [0.3, 0.4) is 0 Å². The van der Waals surface area contributed by atoms with Gasteiger partial charge in [0.2, 0.25) is 0 Å². The average molecular weight is 251 g/mol. The van der Waals surface area contributed by atoms with Gasteiger partial charge in [0, 0.05) is 6.54 Å². The highest BCUT2D eigenvalue weighted by Gasteiger charge is 2.18. The first-order chi connectivity index (χ1) is 8.74. The van der Waals surface area contributed by atoms with E-state index in [1.807, 2.05) is 0 Å². The van der Waals surface area contributed by atoms with E-state index in [1.165, 1.54) is 7.11 Å². The summed E-state index contributed by atoms with van der Waals surface area (Å²) < 4.78 is 15.7. The molecule has 5 heteroatoms. The molecule has 1 heterocycles. The fourth-order valence-corrected chi connectivity index (χ4v) is 1.92. The topological polar surface area (TPSA) is 56.8 Å². The Hall–Kier alpha value is -1.75. The van der Waals surface area contributed by atoms with Gasteiger partial charge in [-0.2, -0.15) is 0 Å². The fraction of sp³-hybridized carbons (Fsp3) is 0.462. The largest absolute Gasteiger partial charge is 0.493 e. The summed E-state index contributed by atoms with van der Waals surface area (Å²) in [6, 6.07) is 5.04. The summed E-state index contributed by atoms with van der Waals surface area (Å²) in [7, 11) is 2.90. The Balaban J connectivity index is 2.17. The zero-order chi connectivity index (χ0) is 13.0. The number of carbonyl (C=O) groups is 1. The predicted octanol–water partition coefficient (Wildman–Crippen LogP) is 1.22. The van der Waals surface area contributed by atoms with Crippen LogP contribution in [-0.2, 0) is 4.74 Å². The van der Waals surface area contributed by atoms with Crippen LogP contribution in [-0.4, -0.2) is 39.4 Å². The molecule has 1 aliphatic heterocycles. The molecule has 0 bridgehead atoms. The first-order valence-electron chi connectivity index (χ1n) is 5.88. The number of hydrogen-bond donors (Lipinski definition) is 1. The van der Waals surface area contributed by atoms with Crippen molar-refractivity contribution >= 4 is 5.97 Å². The molecule has 0 spiro atoms. The van der Waals surface area contributed by atoms with Crippen molar-refractivity contribution in [1.29, 1.82) is 0 Å². The molecular weight excluding hydrogens is 234 g/mol. The minimum Gasteiger partial charge on any atom is -0.493 e. The standard InChI is InChI=1S/C13H17NO4/c1-16-12-7-9(13(15)17-2)3-4-11(12)18-10-5-6-14-8-10/h3-4,7,10,14H,5-6,8H2,1-2H3. The van der Waals surface area contributed by atoms with Gasteiger partial charge in [-0.1, -0.05) is 0 Å². The highest BCUT2D eigenvalue weighted by molar-refractivity contribution is 5.90. The van der Waals surface area contributed by atoms with E-state index in [0.29, 0.717) is 17.1 Å². The molecule has 1 fully saturated rings. The summed E-state index contributed by atoms with van der Waals surface area (Å²) in [5, 5.41) is 3.23. The second-order valence-electron chi connectivity index (χ2n) is 4.09. The molecule has 1 aromatic rings. The maximum Gasteiger partial charge on any atom is 0.337 e. The number of benzene rings is 1. The molecule has 0 aliphatic carbocycles. The fourth-order valence-electron chi connectivity index (χ4n) is 1.92. The highest BCUT2D eigenvalue weighted by Crippen LogP contribution is 2.29. The molecule has 0 radical (unpaired) electrons. The lowest BCUT2D eigenvalue weighted by atomic mass is 10.2. The Bertz CT molecular complexity index is 427. The number of nitrogens with one attached hydrogen (secondary N) is 1. The smallest absolute Gasteiger partial charge is 0.337 e. The lowest BCUT2D eigenvalue weighted by molar-refractivity contribution is 0.0600. The van der Waals surface area contributed by atoms with Crippen LogP contribution < -0.4 is 14.8 Å². The van der Waals surface area contributed by atoms with Gasteiger partial charge in [0.15, 0.2) is 11.5 Å². The number of esters is 1. The zero-order valence-electron chi connectivity index (χ0n) is 10.6. The third-order valence-electron chi connectivity index (χ3n) is 2.89. The molecule has 0 aromatic heterocycles. The SMILES string of the molecule is COC(=O)c1ccc(OC2CCNC2)c(OC)c1. The lowest BCUT2D eigenvalue weighted by Gasteiger charge is -2.15. The summed E-state index contributed by atoms with van der Waals surface area (Å²) in [5.74, 6) is 0.811. The van der Waals surface area contributed by atoms with Crippen LogP contribution in [0.25, 0.3) is 0 Å². The third kappa shape index (κ3) is 2.73. The number of methoxy groups -OCH3 is 2. The highest BCUT2D eigenvalue weighted by atomic mass is 16.5. The van der Waals surface area contributed by atoms with Crippen molar-refractivity contribution in [2.24, 2.45) is 0 Å². The van der Waals surface area contributed by atoms with Crippen LogP contribution in [0, 0.1) is 0 Å². The molecule has 0 amide bonds. The van der Waals surface area contributed by atoms with Gasteiger partial charge in [-0.25, -0.2) is 4.79 Å². The Kier molecular flexibility index (Phi) is 4.04. The maximum absolute atomic E-state index is 11.4. The molecule has 18 heavy (non-hydrogen) atoms. The minimum absolute atomic E-state index is 0.155. The number of hydrogen-bond acceptors (Lipinski definition) is 5. The molecule has 1 unspecified atom stereocenters. The summed E-state index contributed by atoms with van der Waals surface area (Å²) >= 11 is 0. The van der Waals surface area contributed by atoms with Crippen LogP contribution in [0.1, 0.15) is 16.8 Å². The van der Waals surface area contributed by atoms with Crippen molar-refractivity contribution in [1.82, 2.24) is 5.32 Å². The van der Waals surface area contributed by atoms with Crippen molar-refractivity contribution in [3.05, 3.63) is 23.8 Å². The minimum atomic E-state index is -0.387. The van der Waals surface area contributed by atoms with Crippen LogP contribution >= 0.6 is 0 Å². The van der Waals surface area contributed by atoms with Crippen molar-refractivity contribution in [3.8, 4) is 11.5 Å². The van der Waals surface area contributed by atoms with Crippen LogP contribution in [0.2, 0.25) is 0 Å². The molecule has 1 aromatic carbocycles. The molecule has 98 valence electrons. The van der Waals surface area contributed by atoms with E-state index in [1.54, 1.807) is 25.3 Å². The lowest BCUT2D eigenvalue weighted by Crippen LogP contribution is -2.20. The van der Waals surface area contributed by atoms with Gasteiger partial charge in [-0.3, -0.25) is 0 Å². The summed E-state index contributed by atoms with van der Waals surface area (Å²) in [4.78, 5) is 11.4. The maximum atomic E-state index is 11.4. The second kappa shape index (κ2) is 5.73. The van der Waals surface area contributed by atoms with Gasteiger partial charge in [0.05, 0.1) is 19.8 Å². The van der Waals surface area contributed by atoms with Crippen molar-refractivity contribution in [2.45, 2.75) is 12.5 Å². The van der Waals surface area contributed by atoms with Gasteiger partial charge in [-0.05, 0) is 31.2 Å². The first-order valence-corrected chi connectivity index (χ1v) is 5.88. The Morgan fingerprint density at radius 1 is 1.33 bits per heavy atom. The number of ether oxygens (including phenoxy) is 3. The molecule has 1 saturated heterocycles. The molecule has 1 aliphatic rings. The Morgan fingerprint density at radius 2 is 2.17 bits per heavy atom. The van der Waals surface area contributed by atoms with Crippen molar-refractivity contribution < 1.29 is 19.0 Å². The van der Waals surface area contributed by atoms with E-state index in [9.17, 15) is 4.79 Å². The van der Waals surface area contributed by atoms with Gasteiger partial charge in [0.25, 0.3) is 0 Å². The van der Waals surface area contributed by atoms with E-state index in [4.69, 9.17) is 9.47 Å². The normalized spacial score (nSPS) is 18.4. The zero-order valence-corrected chi connectivity index (χ0v) is 10.6. The summed E-state index contributed by atoms with van der Waals surface area (Å²) in [5.41, 5.74) is 0.450. The van der Waals surface area contributed by atoms with Crippen LogP contribution in [0.4, 0.5) is 0 Å². The van der Waals surface area contributed by atoms with E-state index in [0.717, 1.165) is 19.5 Å². The predicted molar refractivity (Wildman–Crippen MR) is 66.2 cm³/mol. The monoisotopic (exact) mass is 251 g/mol. The number of carbonyl (C=O) groups excluding carboxylic acids is 1. The molecule has 5 nitrogen and oxygen atoms in total. The van der Waals surface area contributed by atoms with E-state index in [2.05, 4.69) is 10.1 Å². The Morgan fingerprint density at radius 3 is 2.78 bits per heavy atom. The van der Waals surface area contributed by atoms with Gasteiger partial charge in [-0.15, -0.1) is 0 Å². The van der Waals surface area contributed by atoms with E-state index in [-0.39, 0.29) is 12.1 Å². The van der Waals surface area contributed by atoms with E-state index < -0.39 is 0 Å². The average Bonchev–Trinajstić information content (AvgIpc) is 2.91. The van der Waals surface area contributed by atoms with Crippen LogP contribution in [0.15, 0.2) is 18.2 Å². The summed E-state index contributed by atoms with van der Waals surface area (Å²) in [6.45, 7) is 1.80. The molecule has 2 rings (SSSR count). The third-order valence-corrected chi connectivity index (χ3v) is 2.89. The van der Waals surface area contributed by atoms with Gasteiger partial charge in [0.1, 0.15) is 6.10 Å². The summed E-state index contributed by atoms with van der Waals surface area (Å²) in [6.07, 6.45) is 1.13. The quantitative estimate of drug-likeness (QED) is 0.815. The van der Waals surface area contributed by atoms with Crippen molar-refractivity contribution in [3.63, 3.8) is 0 Å².